The number of H-pyrrole nitrogens is 1. The molecule has 1 aliphatic rings. The Kier molecular flexibility index (Phi) is 4.89. The highest BCUT2D eigenvalue weighted by atomic mass is 16.5. The average Bonchev–Trinajstić information content (AvgIpc) is 2.43. The molecule has 0 bridgehead atoms. The summed E-state index contributed by atoms with van der Waals surface area (Å²) < 4.78 is 5.53. The van der Waals surface area contributed by atoms with E-state index in [1.165, 1.54) is 0 Å². The maximum absolute atomic E-state index is 11.9. The number of ether oxygens (including phenoxy) is 1. The van der Waals surface area contributed by atoms with E-state index in [2.05, 4.69) is 20.6 Å². The number of nitrogens with two attached hydrogens (primary N) is 1. The molecule has 2 rings (SSSR count). The van der Waals surface area contributed by atoms with Gasteiger partial charge in [0.2, 0.25) is 5.95 Å². The Balaban J connectivity index is 2.09. The number of nitrogen functional groups attached to an aromatic ring is 1. The van der Waals surface area contributed by atoms with Crippen molar-refractivity contribution in [2.75, 3.05) is 22.9 Å². The number of carbonyl (C=O) groups excluding carboxylic acids is 1. The molecule has 0 amide bonds. The summed E-state index contributed by atoms with van der Waals surface area (Å²) in [5.74, 6) is 0.504. The van der Waals surface area contributed by atoms with Gasteiger partial charge < -0.3 is 21.1 Å². The molecule has 0 fully saturated rings. The van der Waals surface area contributed by atoms with Crippen LogP contribution in [0.15, 0.2) is 4.79 Å². The first-order valence-electron chi connectivity index (χ1n) is 7.50. The van der Waals surface area contributed by atoms with Gasteiger partial charge in [0.1, 0.15) is 11.8 Å². The first-order valence-corrected chi connectivity index (χ1v) is 7.50. The number of aromatic nitrogens is 2. The standard InChI is InChI=1S/C14H23N5O3/c1-4-9(22-10(20)5-7(2)3)8-6-16-12-11(17-8)13(21)19-14(15)18-12/h7-9,17H,4-6H2,1-3H3,(H4,15,16,18,19,21). The van der Waals surface area contributed by atoms with E-state index in [9.17, 15) is 9.59 Å². The van der Waals surface area contributed by atoms with Crippen LogP contribution in [0.3, 0.4) is 0 Å². The summed E-state index contributed by atoms with van der Waals surface area (Å²) in [6.07, 6.45) is 0.717. The lowest BCUT2D eigenvalue weighted by molar-refractivity contribution is -0.150. The third-order valence-electron chi connectivity index (χ3n) is 3.47. The van der Waals surface area contributed by atoms with Gasteiger partial charge in [-0.2, -0.15) is 4.98 Å². The number of fused-ring (bicyclic) bond motifs is 1. The second-order valence-corrected chi connectivity index (χ2v) is 5.84. The highest BCUT2D eigenvalue weighted by Gasteiger charge is 2.29. The van der Waals surface area contributed by atoms with Crippen LogP contribution in [0.1, 0.15) is 33.6 Å². The minimum atomic E-state index is -0.344. The molecule has 1 aromatic heterocycles. The zero-order chi connectivity index (χ0) is 16.3. The first-order chi connectivity index (χ1) is 10.4. The Morgan fingerprint density at radius 3 is 2.86 bits per heavy atom. The number of anilines is 3. The summed E-state index contributed by atoms with van der Waals surface area (Å²) in [6, 6.07) is -0.194. The number of hydrogen-bond acceptors (Lipinski definition) is 7. The van der Waals surface area contributed by atoms with Gasteiger partial charge in [0.05, 0.1) is 6.04 Å². The van der Waals surface area contributed by atoms with Gasteiger partial charge in [0.25, 0.3) is 5.56 Å². The molecule has 0 aromatic carbocycles. The van der Waals surface area contributed by atoms with Crippen LogP contribution in [-0.2, 0) is 9.53 Å². The van der Waals surface area contributed by atoms with Gasteiger partial charge in [-0.05, 0) is 12.3 Å². The molecule has 2 heterocycles. The Bertz CT molecular complexity index is 599. The normalized spacial score (nSPS) is 18.1. The molecular weight excluding hydrogens is 286 g/mol. The van der Waals surface area contributed by atoms with Gasteiger partial charge >= 0.3 is 5.97 Å². The van der Waals surface area contributed by atoms with Crippen LogP contribution in [0.5, 0.6) is 0 Å². The number of hydrogen-bond donors (Lipinski definition) is 4. The Morgan fingerprint density at radius 2 is 2.23 bits per heavy atom. The molecule has 5 N–H and O–H groups in total. The summed E-state index contributed by atoms with van der Waals surface area (Å²) in [7, 11) is 0. The average molecular weight is 309 g/mol. The Hall–Kier alpha value is -2.25. The summed E-state index contributed by atoms with van der Waals surface area (Å²) in [5.41, 5.74) is 5.49. The van der Waals surface area contributed by atoms with E-state index in [-0.39, 0.29) is 35.5 Å². The van der Waals surface area contributed by atoms with Crippen LogP contribution in [0.25, 0.3) is 0 Å². The molecule has 1 aliphatic heterocycles. The Labute approximate surface area is 128 Å². The van der Waals surface area contributed by atoms with Gasteiger partial charge in [0, 0.05) is 13.0 Å². The monoisotopic (exact) mass is 309 g/mol. The van der Waals surface area contributed by atoms with Gasteiger partial charge in [-0.1, -0.05) is 20.8 Å². The molecule has 0 saturated carbocycles. The quantitative estimate of drug-likeness (QED) is 0.597. The van der Waals surface area contributed by atoms with Crippen molar-refractivity contribution in [3.63, 3.8) is 0 Å². The molecule has 0 spiro atoms. The number of nitrogens with one attached hydrogen (secondary N) is 3. The first kappa shape index (κ1) is 16.1. The van der Waals surface area contributed by atoms with Crippen LogP contribution >= 0.6 is 0 Å². The van der Waals surface area contributed by atoms with Crippen molar-refractivity contribution < 1.29 is 9.53 Å². The predicted octanol–water partition coefficient (Wildman–Crippen LogP) is 0.926. The number of aromatic amines is 1. The van der Waals surface area contributed by atoms with Crippen LogP contribution < -0.4 is 21.9 Å². The lowest BCUT2D eigenvalue weighted by atomic mass is 10.1. The number of esters is 1. The van der Waals surface area contributed by atoms with Crippen LogP contribution in [0, 0.1) is 5.92 Å². The summed E-state index contributed by atoms with van der Waals surface area (Å²) in [6.45, 7) is 6.37. The third kappa shape index (κ3) is 3.69. The van der Waals surface area contributed by atoms with Crippen molar-refractivity contribution in [1.29, 1.82) is 0 Å². The van der Waals surface area contributed by atoms with E-state index in [1.54, 1.807) is 0 Å². The van der Waals surface area contributed by atoms with E-state index >= 15 is 0 Å². The minimum absolute atomic E-state index is 0.0619. The fourth-order valence-corrected chi connectivity index (χ4v) is 2.42. The fraction of sp³-hybridized carbons (Fsp3) is 0.643. The second kappa shape index (κ2) is 6.67. The molecule has 1 aromatic rings. The number of carbonyl (C=O) groups is 1. The van der Waals surface area contributed by atoms with Crippen LogP contribution in [0.4, 0.5) is 17.5 Å². The molecule has 2 atom stereocenters. The smallest absolute Gasteiger partial charge is 0.306 e. The van der Waals surface area contributed by atoms with Gasteiger partial charge in [-0.3, -0.25) is 14.6 Å². The van der Waals surface area contributed by atoms with E-state index < -0.39 is 0 Å². The zero-order valence-electron chi connectivity index (χ0n) is 13.1. The molecular formula is C14H23N5O3. The van der Waals surface area contributed by atoms with Gasteiger partial charge in [-0.15, -0.1) is 0 Å². The van der Waals surface area contributed by atoms with Crippen molar-refractivity contribution in [3.8, 4) is 0 Å². The van der Waals surface area contributed by atoms with Crippen LogP contribution in [0.2, 0.25) is 0 Å². The summed E-state index contributed by atoms with van der Waals surface area (Å²) in [4.78, 5) is 30.3. The highest BCUT2D eigenvalue weighted by Crippen LogP contribution is 2.23. The van der Waals surface area contributed by atoms with Crippen molar-refractivity contribution in [1.82, 2.24) is 9.97 Å². The molecule has 22 heavy (non-hydrogen) atoms. The maximum atomic E-state index is 11.9. The summed E-state index contributed by atoms with van der Waals surface area (Å²) in [5, 5.41) is 6.16. The van der Waals surface area contributed by atoms with Gasteiger partial charge in [-0.25, -0.2) is 0 Å². The maximum Gasteiger partial charge on any atom is 0.306 e. The van der Waals surface area contributed by atoms with Crippen molar-refractivity contribution in [2.24, 2.45) is 5.92 Å². The van der Waals surface area contributed by atoms with E-state index in [0.717, 1.165) is 0 Å². The van der Waals surface area contributed by atoms with Crippen LogP contribution in [-0.4, -0.2) is 34.6 Å². The fourth-order valence-electron chi connectivity index (χ4n) is 2.42. The van der Waals surface area contributed by atoms with E-state index in [0.29, 0.717) is 30.9 Å². The SMILES string of the molecule is CCC(OC(=O)CC(C)C)C1CNc2nc(N)[nH]c(=O)c2N1. The largest absolute Gasteiger partial charge is 0.460 e. The predicted molar refractivity (Wildman–Crippen MR) is 84.8 cm³/mol. The number of nitrogens with zero attached hydrogens (tertiary/aromatic N) is 1. The van der Waals surface area contributed by atoms with E-state index in [4.69, 9.17) is 10.5 Å². The lowest BCUT2D eigenvalue weighted by Gasteiger charge is -2.32. The molecule has 8 heteroatoms. The summed E-state index contributed by atoms with van der Waals surface area (Å²) >= 11 is 0. The van der Waals surface area contributed by atoms with Crippen molar-refractivity contribution in [3.05, 3.63) is 10.4 Å². The molecule has 2 unspecified atom stereocenters. The highest BCUT2D eigenvalue weighted by molar-refractivity contribution is 5.70. The van der Waals surface area contributed by atoms with Crippen molar-refractivity contribution >= 4 is 23.4 Å². The Morgan fingerprint density at radius 1 is 1.50 bits per heavy atom. The number of rotatable bonds is 5. The lowest BCUT2D eigenvalue weighted by Crippen LogP contribution is -2.46. The molecule has 0 radical (unpaired) electrons. The van der Waals surface area contributed by atoms with E-state index in [1.807, 2.05) is 20.8 Å². The molecule has 0 saturated heterocycles. The topological polar surface area (TPSA) is 122 Å². The van der Waals surface area contributed by atoms with Gasteiger partial charge in [0.15, 0.2) is 5.82 Å². The zero-order valence-corrected chi connectivity index (χ0v) is 13.1. The molecule has 122 valence electrons. The van der Waals surface area contributed by atoms with Crippen molar-refractivity contribution in [2.45, 2.75) is 45.8 Å². The molecule has 8 nitrogen and oxygen atoms in total. The third-order valence-corrected chi connectivity index (χ3v) is 3.47. The second-order valence-electron chi connectivity index (χ2n) is 5.84. The molecule has 0 aliphatic carbocycles. The minimum Gasteiger partial charge on any atom is -0.460 e.